The van der Waals surface area contributed by atoms with Crippen molar-refractivity contribution in [3.8, 4) is 11.5 Å². The average Bonchev–Trinajstić information content (AvgIpc) is 3.19. The van der Waals surface area contributed by atoms with Crippen molar-refractivity contribution >= 4 is 17.4 Å². The van der Waals surface area contributed by atoms with Gasteiger partial charge in [0.2, 0.25) is 5.91 Å². The summed E-state index contributed by atoms with van der Waals surface area (Å²) in [4.78, 5) is 20.1. The van der Waals surface area contributed by atoms with Gasteiger partial charge in [-0.15, -0.1) is 5.10 Å². The maximum Gasteiger partial charge on any atom is 0.453 e. The number of aromatic nitrogens is 4. The Bertz CT molecular complexity index is 1310. The number of carbonyl (C=O) groups is 1. The number of ether oxygens (including phenoxy) is 1. The normalized spacial score (nSPS) is 11.6. The Kier molecular flexibility index (Phi) is 5.75. The van der Waals surface area contributed by atoms with Crippen LogP contribution in [0.4, 0.5) is 18.9 Å². The molecule has 0 radical (unpaired) electrons. The van der Waals surface area contributed by atoms with Crippen LogP contribution >= 0.6 is 0 Å². The van der Waals surface area contributed by atoms with E-state index in [1.807, 2.05) is 31.2 Å². The topological polar surface area (TPSA) is 81.4 Å². The second kappa shape index (κ2) is 8.53. The molecule has 0 aliphatic heterocycles. The third-order valence-electron chi connectivity index (χ3n) is 5.03. The van der Waals surface area contributed by atoms with Gasteiger partial charge in [0, 0.05) is 22.6 Å². The number of hydrogen-bond acceptors (Lipinski definition) is 5. The highest BCUT2D eigenvalue weighted by atomic mass is 19.4. The molecule has 2 aromatic carbocycles. The van der Waals surface area contributed by atoms with Crippen molar-refractivity contribution in [3.63, 3.8) is 0 Å². The number of nitrogens with zero attached hydrogens (tertiary/aromatic N) is 4. The van der Waals surface area contributed by atoms with Gasteiger partial charge in [-0.1, -0.05) is 17.7 Å². The number of benzene rings is 2. The van der Waals surface area contributed by atoms with Crippen LogP contribution in [0.15, 0.2) is 48.5 Å². The second-order valence-electron chi connectivity index (χ2n) is 7.57. The van der Waals surface area contributed by atoms with E-state index in [2.05, 4.69) is 20.4 Å². The van der Waals surface area contributed by atoms with E-state index in [0.29, 0.717) is 34.1 Å². The van der Waals surface area contributed by atoms with Crippen LogP contribution in [0.1, 0.15) is 28.3 Å². The van der Waals surface area contributed by atoms with Gasteiger partial charge in [-0.25, -0.2) is 9.50 Å². The van der Waals surface area contributed by atoms with E-state index in [4.69, 9.17) is 4.74 Å². The molecule has 0 aliphatic carbocycles. The molecule has 0 aliphatic rings. The lowest BCUT2D eigenvalue weighted by molar-refractivity contribution is -0.144. The van der Waals surface area contributed by atoms with Gasteiger partial charge >= 0.3 is 6.18 Å². The van der Waals surface area contributed by atoms with Gasteiger partial charge in [0.15, 0.2) is 0 Å². The van der Waals surface area contributed by atoms with Gasteiger partial charge in [0.25, 0.3) is 11.6 Å². The van der Waals surface area contributed by atoms with E-state index in [1.165, 1.54) is 0 Å². The molecule has 0 saturated carbocycles. The van der Waals surface area contributed by atoms with E-state index in [1.54, 1.807) is 38.1 Å². The lowest BCUT2D eigenvalue weighted by Gasteiger charge is -2.11. The zero-order valence-electron chi connectivity index (χ0n) is 18.1. The quantitative estimate of drug-likeness (QED) is 0.456. The lowest BCUT2D eigenvalue weighted by Crippen LogP contribution is -2.17. The largest absolute Gasteiger partial charge is 0.457 e. The number of aryl methyl sites for hydroxylation is 3. The standard InChI is InChI=1S/C23H20F3N5O2/c1-13-4-8-17(9-5-13)33-18-10-6-16(7-11-18)28-20(32)12-19-14(2)27-22-29-21(23(24,25)26)30-31(22)15(19)3/h4-11H,12H2,1-3H3,(H,28,32). The molecule has 33 heavy (non-hydrogen) atoms. The van der Waals surface area contributed by atoms with Crippen LogP contribution in [-0.4, -0.2) is 25.5 Å². The van der Waals surface area contributed by atoms with Gasteiger partial charge in [0.05, 0.1) is 6.42 Å². The van der Waals surface area contributed by atoms with Crippen LogP contribution < -0.4 is 10.1 Å². The minimum Gasteiger partial charge on any atom is -0.457 e. The Hall–Kier alpha value is -3.95. The zero-order valence-corrected chi connectivity index (χ0v) is 18.1. The fourth-order valence-electron chi connectivity index (χ4n) is 3.30. The molecule has 170 valence electrons. The molecular formula is C23H20F3N5O2. The summed E-state index contributed by atoms with van der Waals surface area (Å²) < 4.78 is 45.6. The number of rotatable bonds is 5. The molecule has 0 bridgehead atoms. The van der Waals surface area contributed by atoms with E-state index in [0.717, 1.165) is 10.1 Å². The van der Waals surface area contributed by atoms with Crippen LogP contribution in [0.25, 0.3) is 5.78 Å². The minimum absolute atomic E-state index is 0.0799. The third-order valence-corrected chi connectivity index (χ3v) is 5.03. The number of amides is 1. The molecule has 0 spiro atoms. The van der Waals surface area contributed by atoms with Crippen molar-refractivity contribution in [2.75, 3.05) is 5.32 Å². The number of halogens is 3. The first-order valence-corrected chi connectivity index (χ1v) is 10.0. The Morgan fingerprint density at radius 2 is 1.58 bits per heavy atom. The molecule has 4 aromatic rings. The highest BCUT2D eigenvalue weighted by Crippen LogP contribution is 2.27. The Balaban J connectivity index is 1.46. The Morgan fingerprint density at radius 3 is 2.18 bits per heavy atom. The van der Waals surface area contributed by atoms with Gasteiger partial charge in [-0.05, 0) is 57.2 Å². The molecule has 2 heterocycles. The summed E-state index contributed by atoms with van der Waals surface area (Å²) in [6.45, 7) is 5.19. The summed E-state index contributed by atoms with van der Waals surface area (Å²) in [7, 11) is 0. The van der Waals surface area contributed by atoms with E-state index < -0.39 is 12.0 Å². The summed E-state index contributed by atoms with van der Waals surface area (Å²) in [5.74, 6) is -0.457. The van der Waals surface area contributed by atoms with Crippen molar-refractivity contribution < 1.29 is 22.7 Å². The smallest absolute Gasteiger partial charge is 0.453 e. The maximum absolute atomic E-state index is 12.9. The first kappa shape index (κ1) is 22.3. The van der Waals surface area contributed by atoms with E-state index in [9.17, 15) is 18.0 Å². The predicted octanol–water partition coefficient (Wildman–Crippen LogP) is 5.04. The van der Waals surface area contributed by atoms with Crippen LogP contribution in [-0.2, 0) is 17.4 Å². The van der Waals surface area contributed by atoms with E-state index >= 15 is 0 Å². The summed E-state index contributed by atoms with van der Waals surface area (Å²) >= 11 is 0. The minimum atomic E-state index is -4.68. The third kappa shape index (κ3) is 4.94. The van der Waals surface area contributed by atoms with Crippen LogP contribution in [0.5, 0.6) is 11.5 Å². The van der Waals surface area contributed by atoms with Crippen LogP contribution in [0.3, 0.4) is 0 Å². The van der Waals surface area contributed by atoms with Crippen LogP contribution in [0, 0.1) is 20.8 Å². The predicted molar refractivity (Wildman–Crippen MR) is 115 cm³/mol. The monoisotopic (exact) mass is 455 g/mol. The van der Waals surface area contributed by atoms with E-state index in [-0.39, 0.29) is 18.1 Å². The fourth-order valence-corrected chi connectivity index (χ4v) is 3.30. The van der Waals surface area contributed by atoms with Crippen molar-refractivity contribution in [2.24, 2.45) is 0 Å². The Morgan fingerprint density at radius 1 is 0.970 bits per heavy atom. The molecule has 0 atom stereocenters. The maximum atomic E-state index is 12.9. The summed E-state index contributed by atoms with van der Waals surface area (Å²) in [6, 6.07) is 14.5. The highest BCUT2D eigenvalue weighted by Gasteiger charge is 2.37. The molecule has 10 heteroatoms. The van der Waals surface area contributed by atoms with Gasteiger partial charge in [0.1, 0.15) is 11.5 Å². The number of carbonyl (C=O) groups excluding carboxylic acids is 1. The molecule has 0 saturated heterocycles. The van der Waals surface area contributed by atoms with Gasteiger partial charge in [-0.2, -0.15) is 18.2 Å². The van der Waals surface area contributed by atoms with Crippen molar-refractivity contribution in [1.29, 1.82) is 0 Å². The van der Waals surface area contributed by atoms with Gasteiger partial charge in [-0.3, -0.25) is 4.79 Å². The molecule has 4 rings (SSSR count). The van der Waals surface area contributed by atoms with Crippen molar-refractivity contribution in [2.45, 2.75) is 33.4 Å². The van der Waals surface area contributed by atoms with Crippen molar-refractivity contribution in [1.82, 2.24) is 19.6 Å². The SMILES string of the molecule is Cc1ccc(Oc2ccc(NC(=O)Cc3c(C)nc4nc(C(F)(F)F)nn4c3C)cc2)cc1. The highest BCUT2D eigenvalue weighted by molar-refractivity contribution is 5.92. The molecule has 2 aromatic heterocycles. The molecular weight excluding hydrogens is 435 g/mol. The molecule has 1 amide bonds. The second-order valence-corrected chi connectivity index (χ2v) is 7.57. The average molecular weight is 455 g/mol. The summed E-state index contributed by atoms with van der Waals surface area (Å²) in [5.41, 5.74) is 2.96. The number of fused-ring (bicyclic) bond motifs is 1. The molecule has 0 unspecified atom stereocenters. The first-order valence-electron chi connectivity index (χ1n) is 10.0. The van der Waals surface area contributed by atoms with Crippen LogP contribution in [0.2, 0.25) is 0 Å². The lowest BCUT2D eigenvalue weighted by atomic mass is 10.1. The number of hydrogen-bond donors (Lipinski definition) is 1. The summed E-state index contributed by atoms with van der Waals surface area (Å²) in [5, 5.41) is 6.27. The fraction of sp³-hybridized carbons (Fsp3) is 0.217. The Labute approximate surface area is 187 Å². The number of alkyl halides is 3. The first-order chi connectivity index (χ1) is 15.6. The van der Waals surface area contributed by atoms with Gasteiger partial charge < -0.3 is 10.1 Å². The zero-order chi connectivity index (χ0) is 23.8. The van der Waals surface area contributed by atoms with Crippen molar-refractivity contribution in [3.05, 3.63) is 76.9 Å². The number of anilines is 1. The molecule has 7 nitrogen and oxygen atoms in total. The number of nitrogens with one attached hydrogen (secondary N) is 1. The molecule has 0 fully saturated rings. The summed E-state index contributed by atoms with van der Waals surface area (Å²) in [6.07, 6.45) is -4.76. The molecule has 1 N–H and O–H groups in total.